The zero-order valence-corrected chi connectivity index (χ0v) is 8.97. The molecule has 0 saturated carbocycles. The summed E-state index contributed by atoms with van der Waals surface area (Å²) in [6, 6.07) is 1.66. The second-order valence-corrected chi connectivity index (χ2v) is 5.51. The minimum atomic E-state index is -3.46. The summed E-state index contributed by atoms with van der Waals surface area (Å²) in [5.74, 6) is 0. The van der Waals surface area contributed by atoms with Gasteiger partial charge in [0, 0.05) is 12.6 Å². The highest BCUT2D eigenvalue weighted by atomic mass is 32.2. The van der Waals surface area contributed by atoms with Crippen LogP contribution in [0.3, 0.4) is 0 Å². The molecule has 5 nitrogen and oxygen atoms in total. The Labute approximate surface area is 84.5 Å². The first-order valence-corrected chi connectivity index (χ1v) is 6.22. The van der Waals surface area contributed by atoms with E-state index in [2.05, 4.69) is 10.0 Å². The van der Waals surface area contributed by atoms with Crippen LogP contribution in [0.2, 0.25) is 0 Å². The summed E-state index contributed by atoms with van der Waals surface area (Å²) in [5.41, 5.74) is 0. The van der Waals surface area contributed by atoms with Crippen molar-refractivity contribution in [2.45, 2.75) is 31.1 Å². The lowest BCUT2D eigenvalue weighted by molar-refractivity contribution is 0.428. The molecule has 0 aromatic rings. The van der Waals surface area contributed by atoms with Crippen LogP contribution in [0.5, 0.6) is 0 Å². The summed E-state index contributed by atoms with van der Waals surface area (Å²) in [6.45, 7) is 2.97. The van der Waals surface area contributed by atoms with Crippen LogP contribution in [0.25, 0.3) is 0 Å². The molecule has 0 bridgehead atoms. The van der Waals surface area contributed by atoms with Crippen molar-refractivity contribution in [3.8, 4) is 6.07 Å². The fourth-order valence-electron chi connectivity index (χ4n) is 1.36. The number of sulfonamides is 1. The highest BCUT2D eigenvalue weighted by Gasteiger charge is 2.24. The highest BCUT2D eigenvalue weighted by molar-refractivity contribution is 7.90. The largest absolute Gasteiger partial charge is 0.315 e. The van der Waals surface area contributed by atoms with Crippen molar-refractivity contribution in [1.29, 1.82) is 5.26 Å². The fourth-order valence-corrected chi connectivity index (χ4v) is 2.36. The Morgan fingerprint density at radius 2 is 2.36 bits per heavy atom. The molecule has 2 unspecified atom stereocenters. The Morgan fingerprint density at radius 3 is 2.86 bits per heavy atom. The molecule has 0 aliphatic carbocycles. The van der Waals surface area contributed by atoms with Crippen molar-refractivity contribution < 1.29 is 8.42 Å². The molecule has 1 rings (SSSR count). The van der Waals surface area contributed by atoms with Gasteiger partial charge in [0.2, 0.25) is 10.0 Å². The van der Waals surface area contributed by atoms with Crippen LogP contribution in [-0.4, -0.2) is 32.8 Å². The lowest BCUT2D eigenvalue weighted by Crippen LogP contribution is -2.47. The number of hydrogen-bond donors (Lipinski definition) is 2. The first-order valence-electron chi connectivity index (χ1n) is 4.68. The number of rotatable bonds is 3. The number of nitriles is 1. The minimum Gasteiger partial charge on any atom is -0.315 e. The molecule has 0 aromatic carbocycles. The molecule has 0 radical (unpaired) electrons. The van der Waals surface area contributed by atoms with Gasteiger partial charge in [-0.05, 0) is 26.3 Å². The number of hydrogen-bond acceptors (Lipinski definition) is 4. The van der Waals surface area contributed by atoms with Gasteiger partial charge in [0.15, 0.2) is 5.25 Å². The summed E-state index contributed by atoms with van der Waals surface area (Å²) < 4.78 is 25.5. The quantitative estimate of drug-likeness (QED) is 0.672. The molecule has 14 heavy (non-hydrogen) atoms. The SMILES string of the molecule is CC(C#N)S(=O)(=O)NC1CCCNC1. The molecule has 1 saturated heterocycles. The Hall–Kier alpha value is -0.640. The highest BCUT2D eigenvalue weighted by Crippen LogP contribution is 2.05. The van der Waals surface area contributed by atoms with E-state index in [1.165, 1.54) is 6.92 Å². The van der Waals surface area contributed by atoms with Crippen LogP contribution in [0.15, 0.2) is 0 Å². The van der Waals surface area contributed by atoms with Crippen molar-refractivity contribution >= 4 is 10.0 Å². The zero-order chi connectivity index (χ0) is 10.6. The number of nitrogens with zero attached hydrogens (tertiary/aromatic N) is 1. The van der Waals surface area contributed by atoms with Crippen LogP contribution in [0.4, 0.5) is 0 Å². The van der Waals surface area contributed by atoms with Crippen LogP contribution in [-0.2, 0) is 10.0 Å². The van der Waals surface area contributed by atoms with Gasteiger partial charge in [0.1, 0.15) is 0 Å². The summed E-state index contributed by atoms with van der Waals surface area (Å²) in [6.07, 6.45) is 1.80. The van der Waals surface area contributed by atoms with Gasteiger partial charge >= 0.3 is 0 Å². The van der Waals surface area contributed by atoms with Crippen LogP contribution in [0, 0.1) is 11.3 Å². The maximum absolute atomic E-state index is 11.5. The third-order valence-electron chi connectivity index (χ3n) is 2.28. The van der Waals surface area contributed by atoms with E-state index in [-0.39, 0.29) is 6.04 Å². The molecule has 1 aliphatic rings. The van der Waals surface area contributed by atoms with Gasteiger partial charge in [0.25, 0.3) is 0 Å². The Kier molecular flexibility index (Phi) is 3.86. The van der Waals surface area contributed by atoms with E-state index in [1.54, 1.807) is 6.07 Å². The van der Waals surface area contributed by atoms with E-state index in [1.807, 2.05) is 0 Å². The van der Waals surface area contributed by atoms with Gasteiger partial charge in [-0.25, -0.2) is 13.1 Å². The minimum absolute atomic E-state index is 0.0652. The zero-order valence-electron chi connectivity index (χ0n) is 8.16. The van der Waals surface area contributed by atoms with E-state index in [9.17, 15) is 8.42 Å². The molecular weight excluding hydrogens is 202 g/mol. The Bertz CT molecular complexity index is 314. The molecule has 2 atom stereocenters. The van der Waals surface area contributed by atoms with E-state index in [4.69, 9.17) is 5.26 Å². The molecule has 0 aromatic heterocycles. The first kappa shape index (κ1) is 11.4. The van der Waals surface area contributed by atoms with Crippen molar-refractivity contribution in [3.05, 3.63) is 0 Å². The molecule has 0 spiro atoms. The molecule has 0 amide bonds. The average molecular weight is 217 g/mol. The van der Waals surface area contributed by atoms with Crippen molar-refractivity contribution in [1.82, 2.24) is 10.0 Å². The predicted molar refractivity (Wildman–Crippen MR) is 53.0 cm³/mol. The Morgan fingerprint density at radius 1 is 1.64 bits per heavy atom. The summed E-state index contributed by atoms with van der Waals surface area (Å²) in [4.78, 5) is 0. The van der Waals surface area contributed by atoms with Gasteiger partial charge in [-0.1, -0.05) is 0 Å². The number of nitrogens with one attached hydrogen (secondary N) is 2. The first-order chi connectivity index (χ1) is 6.56. The maximum atomic E-state index is 11.5. The summed E-state index contributed by atoms with van der Waals surface area (Å²) >= 11 is 0. The summed E-state index contributed by atoms with van der Waals surface area (Å²) in [5, 5.41) is 10.6. The second-order valence-electron chi connectivity index (χ2n) is 3.48. The predicted octanol–water partition coefficient (Wildman–Crippen LogP) is -0.430. The van der Waals surface area contributed by atoms with Gasteiger partial charge in [-0.2, -0.15) is 5.26 Å². The van der Waals surface area contributed by atoms with Crippen LogP contribution >= 0.6 is 0 Å². The monoisotopic (exact) mass is 217 g/mol. The molecule has 6 heteroatoms. The Balaban J connectivity index is 2.54. The normalized spacial score (nSPS) is 25.3. The van der Waals surface area contributed by atoms with Crippen molar-refractivity contribution in [2.75, 3.05) is 13.1 Å². The molecule has 1 aliphatic heterocycles. The van der Waals surface area contributed by atoms with Gasteiger partial charge < -0.3 is 5.32 Å². The standard InChI is InChI=1S/C8H15N3O2S/c1-7(5-9)14(12,13)11-8-3-2-4-10-6-8/h7-8,10-11H,2-4,6H2,1H3. The van der Waals surface area contributed by atoms with E-state index >= 15 is 0 Å². The average Bonchev–Trinajstić information content (AvgIpc) is 2.17. The van der Waals surface area contributed by atoms with Crippen molar-refractivity contribution in [3.63, 3.8) is 0 Å². The van der Waals surface area contributed by atoms with E-state index in [0.717, 1.165) is 19.4 Å². The van der Waals surface area contributed by atoms with E-state index in [0.29, 0.717) is 6.54 Å². The number of piperidine rings is 1. The fraction of sp³-hybridized carbons (Fsp3) is 0.875. The van der Waals surface area contributed by atoms with Gasteiger partial charge in [-0.15, -0.1) is 0 Å². The van der Waals surface area contributed by atoms with E-state index < -0.39 is 15.3 Å². The van der Waals surface area contributed by atoms with Gasteiger partial charge in [0.05, 0.1) is 6.07 Å². The molecule has 1 heterocycles. The lowest BCUT2D eigenvalue weighted by Gasteiger charge is -2.24. The van der Waals surface area contributed by atoms with Crippen LogP contribution in [0.1, 0.15) is 19.8 Å². The molecule has 2 N–H and O–H groups in total. The summed E-state index contributed by atoms with van der Waals surface area (Å²) in [7, 11) is -3.46. The second kappa shape index (κ2) is 4.73. The third kappa shape index (κ3) is 2.94. The molecule has 80 valence electrons. The topological polar surface area (TPSA) is 82.0 Å². The lowest BCUT2D eigenvalue weighted by atomic mass is 10.1. The third-order valence-corrected chi connectivity index (χ3v) is 3.97. The van der Waals surface area contributed by atoms with Crippen molar-refractivity contribution in [2.24, 2.45) is 0 Å². The van der Waals surface area contributed by atoms with Gasteiger partial charge in [-0.3, -0.25) is 0 Å². The molecular formula is C8H15N3O2S. The smallest absolute Gasteiger partial charge is 0.227 e. The van der Waals surface area contributed by atoms with Crippen LogP contribution < -0.4 is 10.0 Å². The maximum Gasteiger partial charge on any atom is 0.227 e. The molecule has 1 fully saturated rings.